The third-order valence-electron chi connectivity index (χ3n) is 5.00. The number of aromatic nitrogens is 3. The Kier molecular flexibility index (Phi) is 4.91. The van der Waals surface area contributed by atoms with Gasteiger partial charge in [0.2, 0.25) is 0 Å². The van der Waals surface area contributed by atoms with Gasteiger partial charge in [-0.1, -0.05) is 25.5 Å². The van der Waals surface area contributed by atoms with Crippen molar-refractivity contribution in [2.75, 3.05) is 13.1 Å². The fourth-order valence-electron chi connectivity index (χ4n) is 3.90. The minimum atomic E-state index is 0.489. The van der Waals surface area contributed by atoms with Crippen molar-refractivity contribution in [2.24, 2.45) is 5.92 Å². The number of hydrogen-bond donors (Lipinski definition) is 1. The van der Waals surface area contributed by atoms with Crippen LogP contribution in [0.2, 0.25) is 0 Å². The summed E-state index contributed by atoms with van der Waals surface area (Å²) in [5.74, 6) is 0.972. The molecular weight excluding hydrogens is 262 g/mol. The Morgan fingerprint density at radius 2 is 2.10 bits per heavy atom. The molecule has 2 unspecified atom stereocenters. The molecule has 5 nitrogen and oxygen atoms in total. The number of fused-ring (bicyclic) bond motifs is 1. The van der Waals surface area contributed by atoms with Gasteiger partial charge in [0, 0.05) is 31.4 Å². The van der Waals surface area contributed by atoms with E-state index >= 15 is 0 Å². The molecule has 0 bridgehead atoms. The second-order valence-electron chi connectivity index (χ2n) is 6.95. The molecule has 0 aromatic carbocycles. The zero-order valence-corrected chi connectivity index (χ0v) is 13.5. The molecule has 3 rings (SSSR count). The lowest BCUT2D eigenvalue weighted by Crippen LogP contribution is -2.43. The third-order valence-corrected chi connectivity index (χ3v) is 5.00. The van der Waals surface area contributed by atoms with Crippen molar-refractivity contribution in [3.63, 3.8) is 0 Å². The fourth-order valence-corrected chi connectivity index (χ4v) is 3.90. The summed E-state index contributed by atoms with van der Waals surface area (Å²) < 4.78 is 2.01. The van der Waals surface area contributed by atoms with E-state index in [1.54, 1.807) is 0 Å². The molecular formula is C16H29N5. The lowest BCUT2D eigenvalue weighted by Gasteiger charge is -2.37. The summed E-state index contributed by atoms with van der Waals surface area (Å²) in [6.45, 7) is 8.49. The monoisotopic (exact) mass is 291 g/mol. The molecule has 2 atom stereocenters. The van der Waals surface area contributed by atoms with E-state index < -0.39 is 0 Å². The molecule has 1 aromatic rings. The predicted molar refractivity (Wildman–Crippen MR) is 83.9 cm³/mol. The van der Waals surface area contributed by atoms with Gasteiger partial charge in [-0.15, -0.1) is 5.10 Å². The normalized spacial score (nSPS) is 26.4. The highest BCUT2D eigenvalue weighted by Crippen LogP contribution is 2.36. The maximum Gasteiger partial charge on any atom is 0.0964 e. The van der Waals surface area contributed by atoms with Gasteiger partial charge in [0.05, 0.1) is 12.2 Å². The van der Waals surface area contributed by atoms with Gasteiger partial charge in [-0.3, -0.25) is 9.58 Å². The van der Waals surface area contributed by atoms with Gasteiger partial charge < -0.3 is 5.32 Å². The molecule has 2 fully saturated rings. The van der Waals surface area contributed by atoms with E-state index in [2.05, 4.69) is 40.6 Å². The molecule has 2 aliphatic rings. The fraction of sp³-hybridized carbons (Fsp3) is 0.875. The van der Waals surface area contributed by atoms with Crippen molar-refractivity contribution >= 4 is 0 Å². The number of hydrogen-bond acceptors (Lipinski definition) is 4. The van der Waals surface area contributed by atoms with Crippen LogP contribution in [0.4, 0.5) is 0 Å². The van der Waals surface area contributed by atoms with Crippen LogP contribution in [-0.2, 0) is 13.1 Å². The van der Waals surface area contributed by atoms with Gasteiger partial charge in [-0.2, -0.15) is 0 Å². The first-order valence-electron chi connectivity index (χ1n) is 8.59. The summed E-state index contributed by atoms with van der Waals surface area (Å²) in [5.41, 5.74) is 1.04. The van der Waals surface area contributed by atoms with Crippen LogP contribution in [0.5, 0.6) is 0 Å². The Balaban J connectivity index is 1.48. The minimum absolute atomic E-state index is 0.489. The van der Waals surface area contributed by atoms with Crippen molar-refractivity contribution in [1.29, 1.82) is 0 Å². The van der Waals surface area contributed by atoms with E-state index in [-0.39, 0.29) is 0 Å². The highest BCUT2D eigenvalue weighted by molar-refractivity contribution is 4.93. The second kappa shape index (κ2) is 6.88. The van der Waals surface area contributed by atoms with Crippen LogP contribution in [0.1, 0.15) is 51.6 Å². The van der Waals surface area contributed by atoms with E-state index in [0.29, 0.717) is 6.04 Å². The highest BCUT2D eigenvalue weighted by atomic mass is 15.4. The van der Waals surface area contributed by atoms with Crippen molar-refractivity contribution in [2.45, 2.75) is 71.1 Å². The summed E-state index contributed by atoms with van der Waals surface area (Å²) in [6, 6.07) is 1.34. The van der Waals surface area contributed by atoms with Crippen molar-refractivity contribution in [1.82, 2.24) is 25.2 Å². The summed E-state index contributed by atoms with van der Waals surface area (Å²) in [7, 11) is 0. The smallest absolute Gasteiger partial charge is 0.0964 e. The first-order valence-corrected chi connectivity index (χ1v) is 8.59. The molecule has 0 spiro atoms. The van der Waals surface area contributed by atoms with Crippen molar-refractivity contribution in [3.8, 4) is 0 Å². The van der Waals surface area contributed by atoms with Gasteiger partial charge in [-0.05, 0) is 38.1 Å². The second-order valence-corrected chi connectivity index (χ2v) is 6.95. The largest absolute Gasteiger partial charge is 0.309 e. The zero-order valence-electron chi connectivity index (χ0n) is 13.5. The molecule has 1 N–H and O–H groups in total. The molecule has 0 radical (unpaired) electrons. The van der Waals surface area contributed by atoms with E-state index in [9.17, 15) is 0 Å². The summed E-state index contributed by atoms with van der Waals surface area (Å²) in [4.78, 5) is 2.70. The number of likely N-dealkylation sites (tertiary alicyclic amines) is 1. The number of rotatable bonds is 6. The minimum Gasteiger partial charge on any atom is -0.309 e. The van der Waals surface area contributed by atoms with Gasteiger partial charge in [0.1, 0.15) is 0 Å². The van der Waals surface area contributed by atoms with E-state index in [1.165, 1.54) is 38.6 Å². The van der Waals surface area contributed by atoms with Crippen LogP contribution in [0.3, 0.4) is 0 Å². The Morgan fingerprint density at radius 1 is 1.24 bits per heavy atom. The lowest BCUT2D eigenvalue weighted by molar-refractivity contribution is 0.107. The van der Waals surface area contributed by atoms with Crippen LogP contribution < -0.4 is 5.32 Å². The first-order chi connectivity index (χ1) is 10.2. The quantitative estimate of drug-likeness (QED) is 0.871. The maximum absolute atomic E-state index is 4.26. The maximum atomic E-state index is 4.26. The molecule has 1 saturated heterocycles. The highest BCUT2D eigenvalue weighted by Gasteiger charge is 2.34. The Bertz CT molecular complexity index is 442. The van der Waals surface area contributed by atoms with Crippen LogP contribution >= 0.6 is 0 Å². The number of piperidine rings is 1. The SMILES string of the molecule is CC(C)NCc1cn(CCN2CCCC3CCCC32)nn1. The van der Waals surface area contributed by atoms with Crippen LogP contribution in [0.15, 0.2) is 6.20 Å². The van der Waals surface area contributed by atoms with Crippen LogP contribution in [0, 0.1) is 5.92 Å². The average molecular weight is 291 g/mol. The van der Waals surface area contributed by atoms with Crippen LogP contribution in [-0.4, -0.2) is 45.1 Å². The molecule has 21 heavy (non-hydrogen) atoms. The molecule has 1 aliphatic carbocycles. The lowest BCUT2D eigenvalue weighted by atomic mass is 9.92. The summed E-state index contributed by atoms with van der Waals surface area (Å²) in [5, 5.41) is 11.9. The Hall–Kier alpha value is -0.940. The first kappa shape index (κ1) is 15.0. The van der Waals surface area contributed by atoms with Crippen molar-refractivity contribution < 1.29 is 0 Å². The zero-order chi connectivity index (χ0) is 14.7. The van der Waals surface area contributed by atoms with Crippen LogP contribution in [0.25, 0.3) is 0 Å². The Labute approximate surface area is 128 Å². The standard InChI is InChI=1S/C16H29N5/c1-13(2)17-11-15-12-21(19-18-15)10-9-20-8-4-6-14-5-3-7-16(14)20/h12-14,16-17H,3-11H2,1-2H3. The van der Waals surface area contributed by atoms with Gasteiger partial charge in [0.15, 0.2) is 0 Å². The van der Waals surface area contributed by atoms with Crippen molar-refractivity contribution in [3.05, 3.63) is 11.9 Å². The van der Waals surface area contributed by atoms with E-state index in [0.717, 1.165) is 37.3 Å². The van der Waals surface area contributed by atoms with Gasteiger partial charge in [0.25, 0.3) is 0 Å². The summed E-state index contributed by atoms with van der Waals surface area (Å²) >= 11 is 0. The van der Waals surface area contributed by atoms with Gasteiger partial charge >= 0.3 is 0 Å². The average Bonchev–Trinajstić information content (AvgIpc) is 3.12. The molecule has 0 amide bonds. The predicted octanol–water partition coefficient (Wildman–Crippen LogP) is 2.04. The molecule has 1 aromatic heterocycles. The molecule has 1 saturated carbocycles. The number of nitrogens with one attached hydrogen (secondary N) is 1. The van der Waals surface area contributed by atoms with Gasteiger partial charge in [-0.25, -0.2) is 0 Å². The molecule has 1 aliphatic heterocycles. The topological polar surface area (TPSA) is 46.0 Å². The summed E-state index contributed by atoms with van der Waals surface area (Å²) in [6.07, 6.45) is 9.21. The Morgan fingerprint density at radius 3 is 2.95 bits per heavy atom. The van der Waals surface area contributed by atoms with E-state index in [1.807, 2.05) is 4.68 Å². The van der Waals surface area contributed by atoms with E-state index in [4.69, 9.17) is 0 Å². The third kappa shape index (κ3) is 3.83. The molecule has 5 heteroatoms. The molecule has 2 heterocycles. The molecule has 118 valence electrons. The number of nitrogens with zero attached hydrogens (tertiary/aromatic N) is 4.